The smallest absolute Gasteiger partial charge is 0.115 e. The first-order valence-corrected chi connectivity index (χ1v) is 8.81. The molecule has 0 radical (unpaired) electrons. The number of nitrogens with zero attached hydrogens (tertiary/aromatic N) is 3. The molecule has 118 valence electrons. The number of nitriles is 1. The van der Waals surface area contributed by atoms with Crippen LogP contribution in [0.4, 0.5) is 0 Å². The Morgan fingerprint density at radius 1 is 0.958 bits per heavy atom. The molecule has 0 aliphatic carbocycles. The minimum atomic E-state index is 0.517. The van der Waals surface area contributed by atoms with Crippen LogP contribution in [0.2, 0.25) is 10.0 Å². The van der Waals surface area contributed by atoms with E-state index >= 15 is 0 Å². The van der Waals surface area contributed by atoms with Gasteiger partial charge in [0, 0.05) is 22.0 Å². The summed E-state index contributed by atoms with van der Waals surface area (Å²) in [5, 5.41) is 11.2. The highest BCUT2D eigenvalue weighted by Gasteiger charge is 2.11. The van der Waals surface area contributed by atoms with Gasteiger partial charge in [-0.25, -0.2) is 4.98 Å². The fraction of sp³-hybridized carbons (Fsp3) is 0.0556. The normalized spacial score (nSPS) is 10.4. The lowest BCUT2D eigenvalue weighted by Gasteiger charge is -2.08. The zero-order valence-electron chi connectivity index (χ0n) is 12.4. The minimum Gasteiger partial charge on any atom is -0.255 e. The Labute approximate surface area is 154 Å². The zero-order chi connectivity index (χ0) is 16.9. The van der Waals surface area contributed by atoms with Gasteiger partial charge >= 0.3 is 0 Å². The van der Waals surface area contributed by atoms with Gasteiger partial charge in [0.1, 0.15) is 11.1 Å². The van der Waals surface area contributed by atoms with Gasteiger partial charge in [-0.3, -0.25) is 4.98 Å². The van der Waals surface area contributed by atoms with Crippen LogP contribution in [-0.2, 0) is 5.75 Å². The molecule has 24 heavy (non-hydrogen) atoms. The van der Waals surface area contributed by atoms with Gasteiger partial charge in [0.15, 0.2) is 0 Å². The van der Waals surface area contributed by atoms with Crippen LogP contribution in [-0.4, -0.2) is 9.97 Å². The van der Waals surface area contributed by atoms with Gasteiger partial charge in [-0.1, -0.05) is 35.3 Å². The van der Waals surface area contributed by atoms with Crippen LogP contribution in [0.3, 0.4) is 0 Å². The number of pyridine rings is 2. The summed E-state index contributed by atoms with van der Waals surface area (Å²) >= 11 is 13.8. The molecule has 0 spiro atoms. The molecule has 3 nitrogen and oxygen atoms in total. The van der Waals surface area contributed by atoms with Crippen LogP contribution >= 0.6 is 35.0 Å². The number of benzene rings is 1. The Morgan fingerprint density at radius 3 is 2.42 bits per heavy atom. The van der Waals surface area contributed by atoms with Gasteiger partial charge < -0.3 is 0 Å². The van der Waals surface area contributed by atoms with Gasteiger partial charge in [-0.2, -0.15) is 5.26 Å². The van der Waals surface area contributed by atoms with E-state index in [2.05, 4.69) is 16.0 Å². The maximum atomic E-state index is 9.32. The Bertz CT molecular complexity index is 888. The average molecular weight is 372 g/mol. The van der Waals surface area contributed by atoms with E-state index in [1.165, 1.54) is 11.8 Å². The SMILES string of the molecule is N#Cc1ccc(-c2ccccn2)nc1SCc1c(Cl)cccc1Cl. The first-order valence-electron chi connectivity index (χ1n) is 7.07. The third-order valence-corrected chi connectivity index (χ3v) is 5.05. The Hall–Kier alpha value is -2.06. The van der Waals surface area contributed by atoms with E-state index < -0.39 is 0 Å². The number of halogens is 2. The Balaban J connectivity index is 1.91. The second-order valence-corrected chi connectivity index (χ2v) is 6.64. The van der Waals surface area contributed by atoms with E-state index in [4.69, 9.17) is 23.2 Å². The van der Waals surface area contributed by atoms with Crippen LogP contribution in [0.5, 0.6) is 0 Å². The molecule has 0 saturated carbocycles. The molecule has 0 saturated heterocycles. The molecule has 1 aromatic carbocycles. The molecular weight excluding hydrogens is 361 g/mol. The van der Waals surface area contributed by atoms with E-state index in [-0.39, 0.29) is 0 Å². The number of aromatic nitrogens is 2. The van der Waals surface area contributed by atoms with Gasteiger partial charge in [0.2, 0.25) is 0 Å². The van der Waals surface area contributed by atoms with Crippen molar-refractivity contribution in [3.63, 3.8) is 0 Å². The highest BCUT2D eigenvalue weighted by molar-refractivity contribution is 7.98. The molecule has 0 aliphatic heterocycles. The molecule has 2 aromatic heterocycles. The lowest BCUT2D eigenvalue weighted by Crippen LogP contribution is -1.93. The van der Waals surface area contributed by atoms with E-state index in [9.17, 15) is 5.26 Å². The summed E-state index contributed by atoms with van der Waals surface area (Å²) in [6, 6.07) is 16.8. The van der Waals surface area contributed by atoms with Crippen molar-refractivity contribution < 1.29 is 0 Å². The van der Waals surface area contributed by atoms with Crippen LogP contribution in [0, 0.1) is 11.3 Å². The first-order chi connectivity index (χ1) is 11.7. The summed E-state index contributed by atoms with van der Waals surface area (Å²) < 4.78 is 0. The molecule has 6 heteroatoms. The third kappa shape index (κ3) is 3.70. The topological polar surface area (TPSA) is 49.6 Å². The van der Waals surface area contributed by atoms with Gasteiger partial charge in [0.25, 0.3) is 0 Å². The summed E-state index contributed by atoms with van der Waals surface area (Å²) in [4.78, 5) is 8.88. The van der Waals surface area contributed by atoms with E-state index in [1.807, 2.05) is 18.2 Å². The number of hydrogen-bond donors (Lipinski definition) is 0. The van der Waals surface area contributed by atoms with Crippen LogP contribution in [0.25, 0.3) is 11.4 Å². The van der Waals surface area contributed by atoms with Crippen molar-refractivity contribution in [2.24, 2.45) is 0 Å². The molecule has 0 atom stereocenters. The first kappa shape index (κ1) is 16.8. The second kappa shape index (κ2) is 7.67. The molecule has 3 rings (SSSR count). The van der Waals surface area contributed by atoms with Crippen molar-refractivity contribution in [2.45, 2.75) is 10.8 Å². The molecule has 0 bridgehead atoms. The predicted octanol–water partition coefficient (Wildman–Crippen LogP) is 5.61. The van der Waals surface area contributed by atoms with Gasteiger partial charge in [-0.05, 0) is 42.0 Å². The fourth-order valence-corrected chi connectivity index (χ4v) is 3.82. The molecular formula is C18H11Cl2N3S. The summed E-state index contributed by atoms with van der Waals surface area (Å²) in [5.74, 6) is 0.534. The molecule has 0 aliphatic rings. The number of thioether (sulfide) groups is 1. The summed E-state index contributed by atoms with van der Waals surface area (Å²) in [6.45, 7) is 0. The zero-order valence-corrected chi connectivity index (χ0v) is 14.7. The van der Waals surface area contributed by atoms with Crippen molar-refractivity contribution in [3.05, 3.63) is 75.9 Å². The maximum absolute atomic E-state index is 9.32. The quantitative estimate of drug-likeness (QED) is 0.558. The summed E-state index contributed by atoms with van der Waals surface area (Å²) in [6.07, 6.45) is 1.71. The second-order valence-electron chi connectivity index (χ2n) is 4.86. The van der Waals surface area contributed by atoms with Crippen molar-refractivity contribution in [1.29, 1.82) is 5.26 Å². The standard InChI is InChI=1S/C18H11Cl2N3S/c19-14-4-3-5-15(20)13(14)11-24-18-12(10-21)7-8-17(23-18)16-6-1-2-9-22-16/h1-9H,11H2. The minimum absolute atomic E-state index is 0.517. The lowest BCUT2D eigenvalue weighted by atomic mass is 10.2. The number of rotatable bonds is 4. The fourth-order valence-electron chi connectivity index (χ4n) is 2.10. The predicted molar refractivity (Wildman–Crippen MR) is 98.2 cm³/mol. The van der Waals surface area contributed by atoms with Gasteiger partial charge in [-0.15, -0.1) is 11.8 Å². The summed E-state index contributed by atoms with van der Waals surface area (Å²) in [7, 11) is 0. The molecule has 0 fully saturated rings. The van der Waals surface area contributed by atoms with Gasteiger partial charge in [0.05, 0.1) is 17.0 Å². The van der Waals surface area contributed by atoms with E-state index in [0.717, 1.165) is 17.0 Å². The summed E-state index contributed by atoms with van der Waals surface area (Å²) in [5.41, 5.74) is 2.84. The lowest BCUT2D eigenvalue weighted by molar-refractivity contribution is 1.10. The van der Waals surface area contributed by atoms with Crippen molar-refractivity contribution >= 4 is 35.0 Å². The Kier molecular flexibility index (Phi) is 5.37. The average Bonchev–Trinajstić information content (AvgIpc) is 2.62. The highest BCUT2D eigenvalue weighted by atomic mass is 35.5. The van der Waals surface area contributed by atoms with E-state index in [0.29, 0.717) is 26.4 Å². The molecule has 0 unspecified atom stereocenters. The van der Waals surface area contributed by atoms with Crippen molar-refractivity contribution in [2.75, 3.05) is 0 Å². The van der Waals surface area contributed by atoms with Crippen molar-refractivity contribution in [1.82, 2.24) is 9.97 Å². The molecule has 2 heterocycles. The van der Waals surface area contributed by atoms with Crippen LogP contribution < -0.4 is 0 Å². The van der Waals surface area contributed by atoms with Crippen LogP contribution in [0.15, 0.2) is 59.8 Å². The molecule has 0 N–H and O–H groups in total. The van der Waals surface area contributed by atoms with Crippen molar-refractivity contribution in [3.8, 4) is 17.5 Å². The van der Waals surface area contributed by atoms with Crippen LogP contribution in [0.1, 0.15) is 11.1 Å². The molecule has 3 aromatic rings. The number of hydrogen-bond acceptors (Lipinski definition) is 4. The monoisotopic (exact) mass is 371 g/mol. The van der Waals surface area contributed by atoms with E-state index in [1.54, 1.807) is 36.5 Å². The molecule has 0 amide bonds. The largest absolute Gasteiger partial charge is 0.255 e. The third-order valence-electron chi connectivity index (χ3n) is 3.32. The Morgan fingerprint density at radius 2 is 1.75 bits per heavy atom. The maximum Gasteiger partial charge on any atom is 0.115 e. The highest BCUT2D eigenvalue weighted by Crippen LogP contribution is 2.32.